The summed E-state index contributed by atoms with van der Waals surface area (Å²) in [7, 11) is 0. The minimum Gasteiger partial charge on any atom is -0.309 e. The fraction of sp³-hybridized carbons (Fsp3) is 0. The highest BCUT2D eigenvalue weighted by molar-refractivity contribution is 6.13. The Morgan fingerprint density at radius 2 is 0.459 bits per heavy atom. The first-order valence-corrected chi connectivity index (χ1v) is 25.3. The average Bonchev–Trinajstić information content (AvgIpc) is 3.99. The average molecular weight is 942 g/mol. The first kappa shape index (κ1) is 43.0. The summed E-state index contributed by atoms with van der Waals surface area (Å²) in [4.78, 5) is 5.56. The van der Waals surface area contributed by atoms with E-state index in [-0.39, 0.29) is 0 Å². The summed E-state index contributed by atoms with van der Waals surface area (Å²) in [5, 5.41) is 4.86. The van der Waals surface area contributed by atoms with E-state index >= 15 is 0 Å². The second-order valence-electron chi connectivity index (χ2n) is 19.2. The van der Waals surface area contributed by atoms with Crippen LogP contribution in [0.2, 0.25) is 0 Å². The molecule has 3 aromatic heterocycles. The summed E-state index contributed by atoms with van der Waals surface area (Å²) in [6.07, 6.45) is 0. The number of nitrogens with zero attached hydrogens (tertiary/aromatic N) is 3. The number of benzene rings is 11. The van der Waals surface area contributed by atoms with Crippen LogP contribution in [-0.2, 0) is 0 Å². The fourth-order valence-electron chi connectivity index (χ4n) is 11.1. The maximum atomic E-state index is 5.56. The molecule has 0 aliphatic carbocycles. The van der Waals surface area contributed by atoms with Crippen LogP contribution in [0.25, 0.3) is 133 Å². The van der Waals surface area contributed by atoms with E-state index in [4.69, 9.17) is 4.98 Å². The van der Waals surface area contributed by atoms with Gasteiger partial charge < -0.3 is 9.13 Å². The summed E-state index contributed by atoms with van der Waals surface area (Å²) in [6.45, 7) is 0. The van der Waals surface area contributed by atoms with Crippen LogP contribution in [0, 0.1) is 0 Å². The van der Waals surface area contributed by atoms with E-state index in [1.807, 2.05) is 0 Å². The lowest BCUT2D eigenvalue weighted by Crippen LogP contribution is -1.97. The van der Waals surface area contributed by atoms with E-state index in [0.29, 0.717) is 0 Å². The first-order chi connectivity index (χ1) is 36.7. The second-order valence-corrected chi connectivity index (χ2v) is 19.2. The molecule has 3 heterocycles. The van der Waals surface area contributed by atoms with Gasteiger partial charge in [0.2, 0.25) is 0 Å². The molecule has 0 saturated carbocycles. The molecule has 14 aromatic rings. The molecular formula is C71H47N3. The Labute approximate surface area is 430 Å². The zero-order valence-corrected chi connectivity index (χ0v) is 40.5. The summed E-state index contributed by atoms with van der Waals surface area (Å²) < 4.78 is 4.83. The van der Waals surface area contributed by atoms with E-state index in [0.717, 1.165) is 67.1 Å². The fourth-order valence-corrected chi connectivity index (χ4v) is 11.1. The van der Waals surface area contributed by atoms with Gasteiger partial charge in [-0.25, -0.2) is 4.98 Å². The zero-order valence-electron chi connectivity index (χ0n) is 40.5. The minimum absolute atomic E-state index is 0.908. The highest BCUT2D eigenvalue weighted by Crippen LogP contribution is 2.41. The second kappa shape index (κ2) is 18.1. The van der Waals surface area contributed by atoms with Gasteiger partial charge >= 0.3 is 0 Å². The molecule has 346 valence electrons. The summed E-state index contributed by atoms with van der Waals surface area (Å²) in [5.74, 6) is 0. The standard InChI is InChI=1S/C71H47N3/c1-6-18-48(19-7-1)53-32-36-68-62(42-53)63-43-54(49-20-8-2-9-21-49)33-37-69(63)73(68)60-30-16-28-57(40-60)66-46-59(52-26-14-5-15-27-52)47-67(72-66)58-29-17-31-61(41-58)74-70-38-34-55(50-22-10-3-11-23-50)44-64(70)65-45-56(35-39-71(65)74)51-24-12-4-13-25-51/h1-47H. The molecule has 0 spiro atoms. The molecule has 0 aliphatic rings. The quantitative estimate of drug-likeness (QED) is 0.141. The molecule has 11 aromatic carbocycles. The summed E-state index contributed by atoms with van der Waals surface area (Å²) in [5.41, 5.74) is 22.5. The van der Waals surface area contributed by atoms with E-state index < -0.39 is 0 Å². The topological polar surface area (TPSA) is 22.8 Å². The van der Waals surface area contributed by atoms with Crippen molar-refractivity contribution < 1.29 is 0 Å². The van der Waals surface area contributed by atoms with Crippen molar-refractivity contribution in [1.82, 2.24) is 14.1 Å². The third kappa shape index (κ3) is 7.67. The molecule has 0 fully saturated rings. The van der Waals surface area contributed by atoms with Crippen molar-refractivity contribution in [3.63, 3.8) is 0 Å². The van der Waals surface area contributed by atoms with Crippen molar-refractivity contribution in [3.8, 4) is 89.5 Å². The van der Waals surface area contributed by atoms with Crippen LogP contribution in [0.4, 0.5) is 0 Å². The highest BCUT2D eigenvalue weighted by Gasteiger charge is 2.19. The van der Waals surface area contributed by atoms with Crippen molar-refractivity contribution in [3.05, 3.63) is 285 Å². The molecule has 0 bridgehead atoms. The maximum Gasteiger partial charge on any atom is 0.0716 e. The molecular weight excluding hydrogens is 895 g/mol. The monoisotopic (exact) mass is 941 g/mol. The molecule has 3 heteroatoms. The number of hydrogen-bond acceptors (Lipinski definition) is 1. The molecule has 0 amide bonds. The van der Waals surface area contributed by atoms with Crippen LogP contribution in [0.3, 0.4) is 0 Å². The van der Waals surface area contributed by atoms with E-state index in [9.17, 15) is 0 Å². The van der Waals surface area contributed by atoms with Gasteiger partial charge in [-0.15, -0.1) is 0 Å². The summed E-state index contributed by atoms with van der Waals surface area (Å²) in [6, 6.07) is 103. The molecule has 0 N–H and O–H groups in total. The maximum absolute atomic E-state index is 5.56. The lowest BCUT2D eigenvalue weighted by atomic mass is 9.99. The molecule has 14 rings (SSSR count). The van der Waals surface area contributed by atoms with Crippen molar-refractivity contribution in [2.24, 2.45) is 0 Å². The van der Waals surface area contributed by atoms with Gasteiger partial charge in [0.15, 0.2) is 0 Å². The third-order valence-corrected chi connectivity index (χ3v) is 14.7. The molecule has 3 nitrogen and oxygen atoms in total. The van der Waals surface area contributed by atoms with E-state index in [2.05, 4.69) is 294 Å². The van der Waals surface area contributed by atoms with Crippen molar-refractivity contribution in [2.45, 2.75) is 0 Å². The van der Waals surface area contributed by atoms with E-state index in [1.54, 1.807) is 0 Å². The largest absolute Gasteiger partial charge is 0.309 e. The van der Waals surface area contributed by atoms with Crippen LogP contribution in [0.15, 0.2) is 285 Å². The molecule has 0 unspecified atom stereocenters. The van der Waals surface area contributed by atoms with Crippen LogP contribution < -0.4 is 0 Å². The summed E-state index contributed by atoms with van der Waals surface area (Å²) >= 11 is 0. The lowest BCUT2D eigenvalue weighted by molar-refractivity contribution is 1.17. The van der Waals surface area contributed by atoms with Crippen molar-refractivity contribution >= 4 is 43.6 Å². The van der Waals surface area contributed by atoms with Gasteiger partial charge in [0, 0.05) is 44.0 Å². The van der Waals surface area contributed by atoms with Gasteiger partial charge in [-0.2, -0.15) is 0 Å². The number of hydrogen-bond donors (Lipinski definition) is 0. The Morgan fingerprint density at radius 3 is 0.757 bits per heavy atom. The first-order valence-electron chi connectivity index (χ1n) is 25.3. The molecule has 0 radical (unpaired) electrons. The Bertz CT molecular complexity index is 3930. The molecule has 0 aliphatic heterocycles. The van der Waals surface area contributed by atoms with E-state index in [1.165, 1.54) is 66.1 Å². The Kier molecular flexibility index (Phi) is 10.5. The third-order valence-electron chi connectivity index (χ3n) is 14.7. The van der Waals surface area contributed by atoms with Crippen LogP contribution in [0.1, 0.15) is 0 Å². The Morgan fingerprint density at radius 1 is 0.189 bits per heavy atom. The number of pyridine rings is 1. The number of rotatable bonds is 9. The van der Waals surface area contributed by atoms with Gasteiger partial charge in [0.25, 0.3) is 0 Å². The number of aromatic nitrogens is 3. The zero-order chi connectivity index (χ0) is 49.0. The lowest BCUT2D eigenvalue weighted by Gasteiger charge is -2.14. The molecule has 74 heavy (non-hydrogen) atoms. The van der Waals surface area contributed by atoms with Gasteiger partial charge in [-0.1, -0.05) is 200 Å². The van der Waals surface area contributed by atoms with Crippen LogP contribution in [0.5, 0.6) is 0 Å². The predicted octanol–water partition coefficient (Wildman–Crippen LogP) is 18.9. The van der Waals surface area contributed by atoms with Crippen LogP contribution in [-0.4, -0.2) is 14.1 Å². The minimum atomic E-state index is 0.908. The van der Waals surface area contributed by atoms with Gasteiger partial charge in [0.05, 0.1) is 33.5 Å². The normalized spacial score (nSPS) is 11.5. The van der Waals surface area contributed by atoms with Gasteiger partial charge in [-0.05, 0) is 141 Å². The van der Waals surface area contributed by atoms with Gasteiger partial charge in [0.1, 0.15) is 0 Å². The molecule has 0 atom stereocenters. The smallest absolute Gasteiger partial charge is 0.0716 e. The van der Waals surface area contributed by atoms with Crippen LogP contribution >= 0.6 is 0 Å². The predicted molar refractivity (Wildman–Crippen MR) is 311 cm³/mol. The Hall–Kier alpha value is -9.83. The SMILES string of the molecule is c1ccc(-c2cc(-c3cccc(-n4c5ccc(-c6ccccc6)cc5c5cc(-c6ccccc6)ccc54)c3)nc(-c3cccc(-n4c5ccc(-c6ccccc6)cc5c5cc(-c6ccccc6)ccc54)c3)c2)cc1. The highest BCUT2D eigenvalue weighted by atomic mass is 15.0. The Balaban J connectivity index is 0.916. The molecule has 0 saturated heterocycles. The van der Waals surface area contributed by atoms with Crippen molar-refractivity contribution in [2.75, 3.05) is 0 Å². The number of fused-ring (bicyclic) bond motifs is 6. The van der Waals surface area contributed by atoms with Gasteiger partial charge in [-0.3, -0.25) is 0 Å². The van der Waals surface area contributed by atoms with Crippen molar-refractivity contribution in [1.29, 1.82) is 0 Å².